The largest absolute Gasteiger partial charge is 0.415 e. The highest BCUT2D eigenvalue weighted by Crippen LogP contribution is 2.26. The van der Waals surface area contributed by atoms with Crippen LogP contribution >= 0.6 is 0 Å². The van der Waals surface area contributed by atoms with E-state index in [1.807, 2.05) is 34.6 Å². The zero-order chi connectivity index (χ0) is 12.9. The number of carbonyl (C=O) groups excluding carboxylic acids is 1. The maximum atomic E-state index is 11.5. The van der Waals surface area contributed by atoms with Crippen molar-refractivity contribution in [2.75, 3.05) is 0 Å². The molecule has 0 aromatic carbocycles. The topological polar surface area (TPSA) is 52.3 Å². The van der Waals surface area contributed by atoms with Gasteiger partial charge in [0.1, 0.15) is 11.5 Å². The predicted molar refractivity (Wildman–Crippen MR) is 66.4 cm³/mol. The summed E-state index contributed by atoms with van der Waals surface area (Å²) in [6.45, 7) is 13.6. The number of allylic oxidation sites excluding steroid dienone is 3. The molecule has 0 saturated heterocycles. The van der Waals surface area contributed by atoms with Crippen molar-refractivity contribution in [1.29, 1.82) is 0 Å². The van der Waals surface area contributed by atoms with Crippen molar-refractivity contribution in [1.82, 2.24) is 0 Å². The van der Waals surface area contributed by atoms with Gasteiger partial charge >= 0.3 is 0 Å². The van der Waals surface area contributed by atoms with E-state index in [0.717, 1.165) is 5.57 Å². The number of ketones is 1. The van der Waals surface area contributed by atoms with Crippen LogP contribution in [0.5, 0.6) is 0 Å². The molecule has 3 heteroatoms. The summed E-state index contributed by atoms with van der Waals surface area (Å²) < 4.78 is 0. The van der Waals surface area contributed by atoms with Gasteiger partial charge in [-0.25, -0.2) is 0 Å². The second-order valence-electron chi connectivity index (χ2n) is 5.33. The highest BCUT2D eigenvalue weighted by atomic mass is 16.6. The van der Waals surface area contributed by atoms with E-state index >= 15 is 0 Å². The first-order valence-electron chi connectivity index (χ1n) is 5.48. The minimum Gasteiger partial charge on any atom is -0.415 e. The monoisotopic (exact) mass is 225 g/mol. The zero-order valence-corrected chi connectivity index (χ0v) is 11.0. The lowest BCUT2D eigenvalue weighted by Gasteiger charge is -2.20. The molecule has 0 unspecified atom stereocenters. The van der Waals surface area contributed by atoms with Crippen LogP contribution in [0.1, 0.15) is 41.0 Å². The fourth-order valence-corrected chi connectivity index (χ4v) is 1.09. The van der Waals surface area contributed by atoms with E-state index in [1.54, 1.807) is 6.08 Å². The summed E-state index contributed by atoms with van der Waals surface area (Å²) in [7, 11) is 0. The molecule has 92 valence electrons. The number of Topliss-reactive ketones (excluding diaryl/α,β-unsaturated/α-hetero) is 1. The predicted octanol–water partition coefficient (Wildman–Crippen LogP) is 2.98. The van der Waals surface area contributed by atoms with Crippen molar-refractivity contribution in [2.24, 2.45) is 17.2 Å². The molecular weight excluding hydrogens is 202 g/mol. The fourth-order valence-electron chi connectivity index (χ4n) is 1.09. The van der Waals surface area contributed by atoms with Crippen molar-refractivity contribution in [3.8, 4) is 0 Å². The third kappa shape index (κ3) is 5.12. The van der Waals surface area contributed by atoms with Crippen LogP contribution in [0, 0.1) is 11.3 Å². The Labute approximate surface area is 98.3 Å². The number of carbonyl (C=O) groups is 1. The first-order chi connectivity index (χ1) is 7.18. The second-order valence-corrected chi connectivity index (χ2v) is 5.33. The Morgan fingerprint density at radius 3 is 2.25 bits per heavy atom. The lowest BCUT2D eigenvalue weighted by molar-refractivity contribution is -0.121. The van der Waals surface area contributed by atoms with E-state index in [9.17, 15) is 4.79 Å². The maximum absolute atomic E-state index is 11.5. The van der Waals surface area contributed by atoms with Crippen LogP contribution in [0.2, 0.25) is 0 Å². The SMILES string of the molecule is C=C(/C=C(\ON)C(C)(C)C)CC(=O)C(C)C. The Morgan fingerprint density at radius 1 is 1.44 bits per heavy atom. The van der Waals surface area contributed by atoms with Crippen molar-refractivity contribution in [2.45, 2.75) is 41.0 Å². The van der Waals surface area contributed by atoms with Gasteiger partial charge in [0.05, 0.1) is 0 Å². The normalized spacial score (nSPS) is 12.8. The Balaban J connectivity index is 4.63. The molecule has 0 atom stereocenters. The first-order valence-corrected chi connectivity index (χ1v) is 5.48. The van der Waals surface area contributed by atoms with Gasteiger partial charge < -0.3 is 4.84 Å². The maximum Gasteiger partial charge on any atom is 0.139 e. The molecule has 0 amide bonds. The van der Waals surface area contributed by atoms with Crippen LogP contribution in [0.4, 0.5) is 0 Å². The van der Waals surface area contributed by atoms with Gasteiger partial charge in [-0.15, -0.1) is 0 Å². The van der Waals surface area contributed by atoms with E-state index in [1.165, 1.54) is 0 Å². The van der Waals surface area contributed by atoms with Crippen LogP contribution in [-0.4, -0.2) is 5.78 Å². The molecule has 0 aromatic heterocycles. The summed E-state index contributed by atoms with van der Waals surface area (Å²) in [5.41, 5.74) is 0.549. The minimum atomic E-state index is -0.182. The van der Waals surface area contributed by atoms with E-state index in [4.69, 9.17) is 10.7 Å². The molecule has 0 radical (unpaired) electrons. The quantitative estimate of drug-likeness (QED) is 0.444. The molecule has 3 nitrogen and oxygen atoms in total. The highest BCUT2D eigenvalue weighted by Gasteiger charge is 2.19. The Bertz CT molecular complexity index is 296. The van der Waals surface area contributed by atoms with E-state index in [0.29, 0.717) is 12.2 Å². The van der Waals surface area contributed by atoms with Gasteiger partial charge in [0.25, 0.3) is 0 Å². The lowest BCUT2D eigenvalue weighted by atomic mass is 9.91. The number of hydrogen-bond donors (Lipinski definition) is 1. The first kappa shape index (κ1) is 14.9. The second kappa shape index (κ2) is 5.85. The molecule has 0 aliphatic carbocycles. The van der Waals surface area contributed by atoms with E-state index in [2.05, 4.69) is 6.58 Å². The van der Waals surface area contributed by atoms with Crippen molar-refractivity contribution in [3.63, 3.8) is 0 Å². The summed E-state index contributed by atoms with van der Waals surface area (Å²) in [6.07, 6.45) is 2.10. The number of rotatable bonds is 5. The molecule has 0 aliphatic rings. The smallest absolute Gasteiger partial charge is 0.139 e. The molecule has 0 fully saturated rings. The Hall–Kier alpha value is -1.09. The average Bonchev–Trinajstić information content (AvgIpc) is 2.11. The summed E-state index contributed by atoms with van der Waals surface area (Å²) in [5, 5.41) is 0. The minimum absolute atomic E-state index is 0.0297. The highest BCUT2D eigenvalue weighted by molar-refractivity contribution is 5.83. The van der Waals surface area contributed by atoms with E-state index in [-0.39, 0.29) is 17.1 Å². The summed E-state index contributed by atoms with van der Waals surface area (Å²) in [4.78, 5) is 16.3. The average molecular weight is 225 g/mol. The lowest BCUT2D eigenvalue weighted by Crippen LogP contribution is -2.16. The third-order valence-corrected chi connectivity index (χ3v) is 2.25. The van der Waals surface area contributed by atoms with Gasteiger partial charge in [0.15, 0.2) is 0 Å². The molecule has 0 spiro atoms. The molecule has 2 N–H and O–H groups in total. The number of nitrogens with two attached hydrogens (primary N) is 1. The van der Waals surface area contributed by atoms with Crippen LogP contribution in [0.25, 0.3) is 0 Å². The Morgan fingerprint density at radius 2 is 1.94 bits per heavy atom. The summed E-state index contributed by atoms with van der Waals surface area (Å²) in [5.74, 6) is 6.04. The molecule has 0 aliphatic heterocycles. The molecular formula is C13H23NO2. The molecule has 0 bridgehead atoms. The third-order valence-electron chi connectivity index (χ3n) is 2.25. The van der Waals surface area contributed by atoms with Gasteiger partial charge in [0, 0.05) is 17.8 Å². The summed E-state index contributed by atoms with van der Waals surface area (Å²) in [6, 6.07) is 0. The van der Waals surface area contributed by atoms with Gasteiger partial charge in [-0.05, 0) is 11.6 Å². The van der Waals surface area contributed by atoms with Crippen LogP contribution < -0.4 is 5.90 Å². The van der Waals surface area contributed by atoms with E-state index < -0.39 is 0 Å². The fraction of sp³-hybridized carbons (Fsp3) is 0.615. The van der Waals surface area contributed by atoms with Crippen LogP contribution in [0.3, 0.4) is 0 Å². The van der Waals surface area contributed by atoms with Crippen LogP contribution in [-0.2, 0) is 9.63 Å². The zero-order valence-electron chi connectivity index (χ0n) is 11.0. The molecule has 0 aromatic rings. The van der Waals surface area contributed by atoms with Crippen molar-refractivity contribution in [3.05, 3.63) is 24.0 Å². The Kier molecular flexibility index (Phi) is 5.45. The summed E-state index contributed by atoms with van der Waals surface area (Å²) >= 11 is 0. The van der Waals surface area contributed by atoms with Gasteiger partial charge in [-0.1, -0.05) is 41.2 Å². The van der Waals surface area contributed by atoms with Gasteiger partial charge in [-0.3, -0.25) is 4.79 Å². The van der Waals surface area contributed by atoms with Gasteiger partial charge in [-0.2, -0.15) is 5.90 Å². The molecule has 0 saturated carbocycles. The van der Waals surface area contributed by atoms with Crippen LogP contribution in [0.15, 0.2) is 24.0 Å². The standard InChI is InChI=1S/C13H23NO2/c1-9(2)11(15)7-10(3)8-12(16-14)13(4,5)6/h8-9H,3,7,14H2,1-2,4-6H3/b12-8-. The van der Waals surface area contributed by atoms with Gasteiger partial charge in [0.2, 0.25) is 0 Å². The number of hydrogen-bond acceptors (Lipinski definition) is 3. The molecule has 16 heavy (non-hydrogen) atoms. The molecule has 0 heterocycles. The van der Waals surface area contributed by atoms with Crippen molar-refractivity contribution >= 4 is 5.78 Å². The molecule has 0 rings (SSSR count). The van der Waals surface area contributed by atoms with Crippen molar-refractivity contribution < 1.29 is 9.63 Å².